The highest BCUT2D eigenvalue weighted by Gasteiger charge is 2.46. The molecular formula is C20H24F2N4O2. The van der Waals surface area contributed by atoms with Crippen LogP contribution in [0.4, 0.5) is 13.6 Å². The van der Waals surface area contributed by atoms with Crippen LogP contribution in [0.3, 0.4) is 0 Å². The Kier molecular flexibility index (Phi) is 5.57. The predicted octanol–water partition coefficient (Wildman–Crippen LogP) is 2.94. The molecule has 2 N–H and O–H groups in total. The summed E-state index contributed by atoms with van der Waals surface area (Å²) in [6, 6.07) is 6.49. The maximum Gasteiger partial charge on any atom is 0.407 e. The van der Waals surface area contributed by atoms with E-state index in [1.54, 1.807) is 35.3 Å². The number of hydrogen-bond acceptors (Lipinski definition) is 4. The van der Waals surface area contributed by atoms with Crippen LogP contribution in [0.1, 0.15) is 36.8 Å². The molecule has 4 unspecified atom stereocenters. The largest absolute Gasteiger partial charge is 0.445 e. The number of carbonyl (C=O) groups excluding carboxylic acids is 1. The minimum Gasteiger partial charge on any atom is -0.445 e. The minimum absolute atomic E-state index is 0.204. The third kappa shape index (κ3) is 4.01. The SMILES string of the molecule is O=C(NC1C(n2cccn2)CC(c2ccc(F)cc2)[C@H]1F)OC1CCCNC1. The third-order valence-electron chi connectivity index (χ3n) is 5.61. The first kappa shape index (κ1) is 18.9. The Hall–Kier alpha value is -2.48. The lowest BCUT2D eigenvalue weighted by Gasteiger charge is -2.26. The van der Waals surface area contributed by atoms with E-state index in [0.717, 1.165) is 19.4 Å². The lowest BCUT2D eigenvalue weighted by atomic mass is 9.96. The number of benzene rings is 1. The summed E-state index contributed by atoms with van der Waals surface area (Å²) >= 11 is 0. The van der Waals surface area contributed by atoms with Crippen molar-refractivity contribution in [1.82, 2.24) is 20.4 Å². The van der Waals surface area contributed by atoms with Crippen molar-refractivity contribution in [3.8, 4) is 0 Å². The van der Waals surface area contributed by atoms with Gasteiger partial charge in [-0.05, 0) is 49.6 Å². The summed E-state index contributed by atoms with van der Waals surface area (Å²) in [7, 11) is 0. The van der Waals surface area contributed by atoms with Gasteiger partial charge in [0.15, 0.2) is 0 Å². The average Bonchev–Trinajstić information content (AvgIpc) is 3.33. The Morgan fingerprint density at radius 1 is 1.32 bits per heavy atom. The molecule has 2 aliphatic rings. The molecule has 0 radical (unpaired) electrons. The maximum atomic E-state index is 15.4. The number of aromatic nitrogens is 2. The van der Waals surface area contributed by atoms with Crippen molar-refractivity contribution in [2.24, 2.45) is 0 Å². The second-order valence-electron chi connectivity index (χ2n) is 7.44. The van der Waals surface area contributed by atoms with Crippen molar-refractivity contribution in [3.63, 3.8) is 0 Å². The Bertz CT molecular complexity index is 778. The number of hydrogen-bond donors (Lipinski definition) is 2. The van der Waals surface area contributed by atoms with Crippen LogP contribution < -0.4 is 10.6 Å². The lowest BCUT2D eigenvalue weighted by molar-refractivity contribution is 0.0748. The minimum atomic E-state index is -1.34. The standard InChI is InChI=1S/C20H24F2N4O2/c21-14-6-4-13(5-7-14)16-11-17(26-10-2-9-24-26)19(18(16)22)25-20(27)28-15-3-1-8-23-12-15/h2,4-7,9-10,15-19,23H,1,3,8,11-12H2,(H,25,27)/t15?,16?,17?,18-,19?/m1/s1. The van der Waals surface area contributed by atoms with Gasteiger partial charge in [-0.1, -0.05) is 12.1 Å². The lowest BCUT2D eigenvalue weighted by Crippen LogP contribution is -2.46. The zero-order valence-electron chi connectivity index (χ0n) is 15.4. The van der Waals surface area contributed by atoms with E-state index < -0.39 is 24.2 Å². The molecule has 1 saturated heterocycles. The molecule has 1 aromatic carbocycles. The van der Waals surface area contributed by atoms with Crippen LogP contribution in [0.2, 0.25) is 0 Å². The number of halogens is 2. The van der Waals surface area contributed by atoms with Crippen LogP contribution in [0.5, 0.6) is 0 Å². The summed E-state index contributed by atoms with van der Waals surface area (Å²) in [6.45, 7) is 1.52. The zero-order chi connectivity index (χ0) is 19.5. The van der Waals surface area contributed by atoms with E-state index in [9.17, 15) is 9.18 Å². The van der Waals surface area contributed by atoms with Gasteiger partial charge in [0, 0.05) is 24.9 Å². The first-order chi connectivity index (χ1) is 13.6. The highest BCUT2D eigenvalue weighted by atomic mass is 19.1. The monoisotopic (exact) mass is 390 g/mol. The Labute approximate surface area is 162 Å². The van der Waals surface area contributed by atoms with Crippen LogP contribution >= 0.6 is 0 Å². The van der Waals surface area contributed by atoms with Crippen molar-refractivity contribution >= 4 is 6.09 Å². The highest BCUT2D eigenvalue weighted by molar-refractivity contribution is 5.68. The van der Waals surface area contributed by atoms with Crippen molar-refractivity contribution < 1.29 is 18.3 Å². The molecule has 0 bridgehead atoms. The van der Waals surface area contributed by atoms with Crippen molar-refractivity contribution in [3.05, 3.63) is 54.1 Å². The van der Waals surface area contributed by atoms with E-state index in [1.807, 2.05) is 0 Å². The second-order valence-corrected chi connectivity index (χ2v) is 7.44. The highest BCUT2D eigenvalue weighted by Crippen LogP contribution is 2.43. The number of carbonyl (C=O) groups is 1. The first-order valence-corrected chi connectivity index (χ1v) is 9.68. The van der Waals surface area contributed by atoms with Crippen molar-refractivity contribution in [2.45, 2.75) is 49.5 Å². The van der Waals surface area contributed by atoms with Crippen LogP contribution in [0, 0.1) is 5.82 Å². The Balaban J connectivity index is 1.50. The topological polar surface area (TPSA) is 68.2 Å². The fourth-order valence-electron chi connectivity index (χ4n) is 4.20. The predicted molar refractivity (Wildman–Crippen MR) is 99.2 cm³/mol. The molecule has 1 aliphatic heterocycles. The average molecular weight is 390 g/mol. The van der Waals surface area contributed by atoms with E-state index in [1.165, 1.54) is 12.1 Å². The molecule has 2 heterocycles. The number of piperidine rings is 1. The molecular weight excluding hydrogens is 366 g/mol. The molecule has 1 aromatic heterocycles. The molecule has 5 atom stereocenters. The van der Waals surface area contributed by atoms with Gasteiger partial charge >= 0.3 is 6.09 Å². The molecule has 2 aromatic rings. The van der Waals surface area contributed by atoms with Gasteiger partial charge in [-0.2, -0.15) is 5.10 Å². The van der Waals surface area contributed by atoms with Gasteiger partial charge < -0.3 is 15.4 Å². The molecule has 1 saturated carbocycles. The number of alkyl halides is 1. The smallest absolute Gasteiger partial charge is 0.407 e. The zero-order valence-corrected chi connectivity index (χ0v) is 15.4. The first-order valence-electron chi connectivity index (χ1n) is 9.68. The molecule has 1 aliphatic carbocycles. The number of rotatable bonds is 4. The molecule has 1 amide bonds. The van der Waals surface area contributed by atoms with Gasteiger partial charge in [-0.25, -0.2) is 13.6 Å². The van der Waals surface area contributed by atoms with E-state index in [4.69, 9.17) is 4.74 Å². The summed E-state index contributed by atoms with van der Waals surface area (Å²) in [5, 5.41) is 10.1. The molecule has 2 fully saturated rings. The third-order valence-corrected chi connectivity index (χ3v) is 5.61. The van der Waals surface area contributed by atoms with Gasteiger partial charge in [0.1, 0.15) is 18.1 Å². The van der Waals surface area contributed by atoms with Crippen LogP contribution in [0.25, 0.3) is 0 Å². The van der Waals surface area contributed by atoms with E-state index >= 15 is 4.39 Å². The summed E-state index contributed by atoms with van der Waals surface area (Å²) in [4.78, 5) is 12.4. The molecule has 150 valence electrons. The molecule has 4 rings (SSSR count). The normalized spacial score (nSPS) is 30.1. The summed E-state index contributed by atoms with van der Waals surface area (Å²) in [5.41, 5.74) is 0.709. The summed E-state index contributed by atoms with van der Waals surface area (Å²) in [6.07, 6.45) is 3.42. The van der Waals surface area contributed by atoms with Gasteiger partial charge in [-0.3, -0.25) is 4.68 Å². The Morgan fingerprint density at radius 2 is 2.14 bits per heavy atom. The number of ether oxygens (including phenoxy) is 1. The number of alkyl carbamates (subject to hydrolysis) is 1. The fourth-order valence-corrected chi connectivity index (χ4v) is 4.20. The van der Waals surface area contributed by atoms with E-state index in [-0.39, 0.29) is 18.0 Å². The quantitative estimate of drug-likeness (QED) is 0.842. The van der Waals surface area contributed by atoms with Crippen LogP contribution in [-0.4, -0.2) is 47.3 Å². The molecule has 28 heavy (non-hydrogen) atoms. The number of nitrogens with one attached hydrogen (secondary N) is 2. The van der Waals surface area contributed by atoms with Gasteiger partial charge in [0.25, 0.3) is 0 Å². The maximum absolute atomic E-state index is 15.4. The summed E-state index contributed by atoms with van der Waals surface area (Å²) in [5.74, 6) is -0.823. The molecule has 0 spiro atoms. The van der Waals surface area contributed by atoms with Crippen LogP contribution in [0.15, 0.2) is 42.7 Å². The molecule has 6 nitrogen and oxygen atoms in total. The van der Waals surface area contributed by atoms with Crippen molar-refractivity contribution in [1.29, 1.82) is 0 Å². The van der Waals surface area contributed by atoms with Gasteiger partial charge in [0.2, 0.25) is 0 Å². The van der Waals surface area contributed by atoms with E-state index in [0.29, 0.717) is 18.5 Å². The van der Waals surface area contributed by atoms with E-state index in [2.05, 4.69) is 15.7 Å². The molecule has 8 heteroatoms. The van der Waals surface area contributed by atoms with Crippen LogP contribution in [-0.2, 0) is 4.74 Å². The summed E-state index contributed by atoms with van der Waals surface area (Å²) < 4.78 is 35.8. The fraction of sp³-hybridized carbons (Fsp3) is 0.500. The van der Waals surface area contributed by atoms with Gasteiger partial charge in [-0.15, -0.1) is 0 Å². The van der Waals surface area contributed by atoms with Crippen molar-refractivity contribution in [2.75, 3.05) is 13.1 Å². The number of nitrogens with zero attached hydrogens (tertiary/aromatic N) is 2. The van der Waals surface area contributed by atoms with Gasteiger partial charge in [0.05, 0.1) is 12.1 Å². The Morgan fingerprint density at radius 3 is 2.82 bits per heavy atom. The second kappa shape index (κ2) is 8.26. The number of amides is 1.